The van der Waals surface area contributed by atoms with E-state index in [0.29, 0.717) is 44.8 Å². The summed E-state index contributed by atoms with van der Waals surface area (Å²) in [6.45, 7) is 3.66. The van der Waals surface area contributed by atoms with Crippen LogP contribution in [0.2, 0.25) is 0 Å². The lowest BCUT2D eigenvalue weighted by molar-refractivity contribution is -0.133. The predicted molar refractivity (Wildman–Crippen MR) is 137 cm³/mol. The normalized spacial score (nSPS) is 16.3. The van der Waals surface area contributed by atoms with Crippen molar-refractivity contribution in [2.45, 2.75) is 45.1 Å². The smallest absolute Gasteiger partial charge is 0.259 e. The minimum Gasteiger partial charge on any atom is -0.355 e. The largest absolute Gasteiger partial charge is 0.355 e. The van der Waals surface area contributed by atoms with Crippen LogP contribution in [0.1, 0.15) is 41.1 Å². The first-order valence-electron chi connectivity index (χ1n) is 12.4. The molecule has 0 atom stereocenters. The van der Waals surface area contributed by atoms with E-state index in [4.69, 9.17) is 4.98 Å². The van der Waals surface area contributed by atoms with Gasteiger partial charge in [-0.05, 0) is 36.8 Å². The molecule has 2 amide bonds. The number of aryl methyl sites for hydroxylation is 2. The van der Waals surface area contributed by atoms with Crippen molar-refractivity contribution >= 4 is 33.4 Å². The first kappa shape index (κ1) is 23.7. The van der Waals surface area contributed by atoms with Gasteiger partial charge in [0.1, 0.15) is 10.7 Å². The van der Waals surface area contributed by atoms with Gasteiger partial charge in [-0.2, -0.15) is 0 Å². The maximum Gasteiger partial charge on any atom is 0.259 e. The Hall–Kier alpha value is -3.04. The van der Waals surface area contributed by atoms with Gasteiger partial charge in [-0.3, -0.25) is 19.3 Å². The van der Waals surface area contributed by atoms with E-state index in [2.05, 4.69) is 15.2 Å². The number of nitrogens with zero attached hydrogens (tertiary/aromatic N) is 3. The summed E-state index contributed by atoms with van der Waals surface area (Å²) in [6.07, 6.45) is 4.99. The van der Waals surface area contributed by atoms with Crippen LogP contribution in [0.25, 0.3) is 10.2 Å². The Balaban J connectivity index is 1.08. The Bertz CT molecular complexity index is 1260. The Morgan fingerprint density at radius 3 is 2.63 bits per heavy atom. The van der Waals surface area contributed by atoms with Gasteiger partial charge in [-0.15, -0.1) is 11.3 Å². The van der Waals surface area contributed by atoms with Gasteiger partial charge in [0.25, 0.3) is 5.56 Å². The van der Waals surface area contributed by atoms with Crippen LogP contribution in [-0.2, 0) is 35.4 Å². The lowest BCUT2D eigenvalue weighted by Gasteiger charge is -2.34. The quantitative estimate of drug-likeness (QED) is 0.526. The van der Waals surface area contributed by atoms with Crippen LogP contribution in [0.4, 0.5) is 0 Å². The van der Waals surface area contributed by atoms with E-state index in [1.165, 1.54) is 16.9 Å². The second-order valence-electron chi connectivity index (χ2n) is 9.32. The molecule has 2 N–H and O–H groups in total. The molecule has 5 rings (SSSR count). The van der Waals surface area contributed by atoms with Crippen LogP contribution in [0.3, 0.4) is 0 Å². The summed E-state index contributed by atoms with van der Waals surface area (Å²) in [7, 11) is 0. The molecule has 9 heteroatoms. The highest BCUT2D eigenvalue weighted by atomic mass is 32.1. The summed E-state index contributed by atoms with van der Waals surface area (Å²) in [5.74, 6) is 0.683. The molecule has 2 aromatic heterocycles. The Morgan fingerprint density at radius 1 is 1.06 bits per heavy atom. The monoisotopic (exact) mass is 493 g/mol. The molecule has 8 nitrogen and oxygen atoms in total. The third-order valence-corrected chi connectivity index (χ3v) is 8.03. The summed E-state index contributed by atoms with van der Waals surface area (Å²) in [4.78, 5) is 51.5. The maximum absolute atomic E-state index is 12.8. The van der Waals surface area contributed by atoms with Crippen molar-refractivity contribution in [3.05, 3.63) is 62.5 Å². The van der Waals surface area contributed by atoms with E-state index in [-0.39, 0.29) is 17.4 Å². The van der Waals surface area contributed by atoms with Crippen LogP contribution in [0, 0.1) is 0 Å². The molecule has 0 radical (unpaired) electrons. The average molecular weight is 494 g/mol. The number of hydrogen-bond donors (Lipinski definition) is 2. The van der Waals surface area contributed by atoms with Crippen LogP contribution in [0.15, 0.2) is 35.1 Å². The van der Waals surface area contributed by atoms with Crippen molar-refractivity contribution in [3.63, 3.8) is 0 Å². The molecule has 3 aromatic rings. The molecule has 184 valence electrons. The van der Waals surface area contributed by atoms with E-state index in [0.717, 1.165) is 48.1 Å². The third-order valence-electron chi connectivity index (χ3n) is 6.84. The van der Waals surface area contributed by atoms with Gasteiger partial charge in [0.05, 0.1) is 18.4 Å². The molecule has 2 aliphatic rings. The fraction of sp³-hybridized carbons (Fsp3) is 0.462. The van der Waals surface area contributed by atoms with Gasteiger partial charge in [-0.1, -0.05) is 30.3 Å². The molecule has 0 unspecified atom stereocenters. The maximum atomic E-state index is 12.8. The van der Waals surface area contributed by atoms with Crippen LogP contribution in [-0.4, -0.2) is 64.3 Å². The number of benzene rings is 1. The van der Waals surface area contributed by atoms with Gasteiger partial charge < -0.3 is 15.2 Å². The van der Waals surface area contributed by atoms with Crippen molar-refractivity contribution in [3.8, 4) is 0 Å². The van der Waals surface area contributed by atoms with E-state index in [1.807, 2.05) is 35.2 Å². The lowest BCUT2D eigenvalue weighted by Crippen LogP contribution is -2.49. The van der Waals surface area contributed by atoms with E-state index in [1.54, 1.807) is 11.3 Å². The topological polar surface area (TPSA) is 98.4 Å². The molecule has 0 bridgehead atoms. The molecule has 1 aromatic carbocycles. The zero-order valence-electron chi connectivity index (χ0n) is 19.8. The fourth-order valence-electron chi connectivity index (χ4n) is 4.96. The molecule has 35 heavy (non-hydrogen) atoms. The van der Waals surface area contributed by atoms with Crippen LogP contribution < -0.4 is 10.9 Å². The summed E-state index contributed by atoms with van der Waals surface area (Å²) < 4.78 is 0. The van der Waals surface area contributed by atoms with Crippen molar-refractivity contribution in [1.29, 1.82) is 0 Å². The fourth-order valence-corrected chi connectivity index (χ4v) is 6.24. The van der Waals surface area contributed by atoms with Gasteiger partial charge in [-0.25, -0.2) is 4.98 Å². The SMILES string of the molecule is O=C(Cc1ccccc1)NCCC(=O)N1CCN(Cc2nc3sc4c(c3c(=O)[nH]2)CCCC4)CC1. The number of piperazine rings is 1. The van der Waals surface area contributed by atoms with E-state index in [9.17, 15) is 14.4 Å². The molecule has 1 saturated heterocycles. The average Bonchev–Trinajstić information content (AvgIpc) is 3.24. The number of aromatic amines is 1. The van der Waals surface area contributed by atoms with E-state index < -0.39 is 0 Å². The number of H-pyrrole nitrogens is 1. The van der Waals surface area contributed by atoms with Crippen molar-refractivity contribution in [2.24, 2.45) is 0 Å². The van der Waals surface area contributed by atoms with Crippen molar-refractivity contribution < 1.29 is 9.59 Å². The number of carbonyl (C=O) groups is 2. The summed E-state index contributed by atoms with van der Waals surface area (Å²) >= 11 is 1.67. The summed E-state index contributed by atoms with van der Waals surface area (Å²) in [5, 5.41) is 3.63. The van der Waals surface area contributed by atoms with Gasteiger partial charge in [0.15, 0.2) is 0 Å². The second-order valence-corrected chi connectivity index (χ2v) is 10.4. The summed E-state index contributed by atoms with van der Waals surface area (Å²) in [6, 6.07) is 9.58. The molecular formula is C26H31N5O3S. The van der Waals surface area contributed by atoms with Gasteiger partial charge in [0.2, 0.25) is 11.8 Å². The zero-order valence-corrected chi connectivity index (χ0v) is 20.7. The molecule has 1 aliphatic heterocycles. The van der Waals surface area contributed by atoms with E-state index >= 15 is 0 Å². The zero-order chi connectivity index (χ0) is 24.2. The van der Waals surface area contributed by atoms with Crippen LogP contribution >= 0.6 is 11.3 Å². The number of thiophene rings is 1. The highest BCUT2D eigenvalue weighted by Gasteiger charge is 2.23. The lowest BCUT2D eigenvalue weighted by atomic mass is 9.97. The molecule has 1 aliphatic carbocycles. The minimum atomic E-state index is -0.0705. The predicted octanol–water partition coefficient (Wildman–Crippen LogP) is 2.26. The molecule has 3 heterocycles. The van der Waals surface area contributed by atoms with Crippen molar-refractivity contribution in [2.75, 3.05) is 32.7 Å². The number of hydrogen-bond acceptors (Lipinski definition) is 6. The molecule has 1 fully saturated rings. The number of aromatic nitrogens is 2. The highest BCUT2D eigenvalue weighted by Crippen LogP contribution is 2.33. The number of rotatable bonds is 7. The Labute approximate surface area is 208 Å². The minimum absolute atomic E-state index is 0.0208. The Kier molecular flexibility index (Phi) is 7.24. The van der Waals surface area contributed by atoms with Gasteiger partial charge >= 0.3 is 0 Å². The van der Waals surface area contributed by atoms with Crippen molar-refractivity contribution in [1.82, 2.24) is 25.1 Å². The molecule has 0 spiro atoms. The number of nitrogens with one attached hydrogen (secondary N) is 2. The second kappa shape index (κ2) is 10.7. The standard InChI is InChI=1S/C26H31N5O3S/c32-22(16-18-6-2-1-3-7-18)27-11-10-23(33)31-14-12-30(13-15-31)17-21-28-25(34)24-19-8-4-5-9-20(19)35-26(24)29-21/h1-3,6-7H,4-5,8-17H2,(H,27,32)(H,28,29,34). The number of carbonyl (C=O) groups excluding carboxylic acids is 2. The Morgan fingerprint density at radius 2 is 1.83 bits per heavy atom. The third kappa shape index (κ3) is 5.62. The molecular weight excluding hydrogens is 462 g/mol. The van der Waals surface area contributed by atoms with Gasteiger partial charge in [0, 0.05) is 44.0 Å². The first-order valence-corrected chi connectivity index (χ1v) is 13.2. The molecule has 0 saturated carbocycles. The summed E-state index contributed by atoms with van der Waals surface area (Å²) in [5.41, 5.74) is 2.15. The highest BCUT2D eigenvalue weighted by molar-refractivity contribution is 7.18. The van der Waals surface area contributed by atoms with Crippen LogP contribution in [0.5, 0.6) is 0 Å². The number of fused-ring (bicyclic) bond motifs is 3. The first-order chi connectivity index (χ1) is 17.1. The number of amides is 2.